The molecule has 88 valence electrons. The van der Waals surface area contributed by atoms with Crippen LogP contribution in [-0.4, -0.2) is 29.8 Å². The zero-order valence-electron chi connectivity index (χ0n) is 9.77. The third-order valence-electron chi connectivity index (χ3n) is 3.02. The molecule has 1 aromatic heterocycles. The van der Waals surface area contributed by atoms with E-state index in [-0.39, 0.29) is 0 Å². The quantitative estimate of drug-likeness (QED) is 0.471. The van der Waals surface area contributed by atoms with Gasteiger partial charge in [-0.2, -0.15) is 0 Å². The lowest BCUT2D eigenvalue weighted by Crippen LogP contribution is -2.21. The van der Waals surface area contributed by atoms with Crippen molar-refractivity contribution in [2.24, 2.45) is 11.8 Å². The number of anilines is 1. The first-order valence-corrected chi connectivity index (χ1v) is 7.00. The number of thioether (sulfide) groups is 1. The first-order valence-electron chi connectivity index (χ1n) is 5.40. The predicted molar refractivity (Wildman–Crippen MR) is 69.4 cm³/mol. The van der Waals surface area contributed by atoms with Crippen molar-refractivity contribution < 1.29 is 0 Å². The third-order valence-corrected chi connectivity index (χ3v) is 3.76. The Labute approximate surface area is 106 Å². The van der Waals surface area contributed by atoms with Gasteiger partial charge in [-0.3, -0.25) is 0 Å². The second-order valence-electron chi connectivity index (χ2n) is 4.39. The van der Waals surface area contributed by atoms with Crippen LogP contribution in [0.25, 0.3) is 0 Å². The topological polar surface area (TPSA) is 29.0 Å². The van der Waals surface area contributed by atoms with Gasteiger partial charge in [0.25, 0.3) is 0 Å². The Bertz CT molecular complexity index is 385. The Morgan fingerprint density at radius 1 is 1.56 bits per heavy atom. The number of hydrogen-bond acceptors (Lipinski definition) is 4. The van der Waals surface area contributed by atoms with Crippen LogP contribution < -0.4 is 4.90 Å². The molecule has 2 atom stereocenters. The first kappa shape index (κ1) is 12.0. The zero-order valence-corrected chi connectivity index (χ0v) is 11.3. The summed E-state index contributed by atoms with van der Waals surface area (Å²) < 4.78 is 0. The van der Waals surface area contributed by atoms with E-state index in [1.807, 2.05) is 12.3 Å². The fourth-order valence-electron chi connectivity index (χ4n) is 1.77. The molecule has 1 fully saturated rings. The van der Waals surface area contributed by atoms with Gasteiger partial charge in [-0.15, -0.1) is 0 Å². The number of aromatic nitrogens is 2. The number of hydrogen-bond donors (Lipinski definition) is 0. The van der Waals surface area contributed by atoms with E-state index in [9.17, 15) is 0 Å². The molecule has 3 nitrogen and oxygen atoms in total. The van der Waals surface area contributed by atoms with Gasteiger partial charge < -0.3 is 4.90 Å². The molecule has 1 heterocycles. The van der Waals surface area contributed by atoms with E-state index in [0.717, 1.165) is 29.4 Å². The highest BCUT2D eigenvalue weighted by molar-refractivity contribution is 7.98. The van der Waals surface area contributed by atoms with Crippen LogP contribution in [0.3, 0.4) is 0 Å². The molecule has 0 amide bonds. The van der Waals surface area contributed by atoms with Gasteiger partial charge in [0.1, 0.15) is 11.0 Å². The molecule has 0 aromatic carbocycles. The molecular formula is C11H16ClN3S. The van der Waals surface area contributed by atoms with Crippen molar-refractivity contribution in [2.45, 2.75) is 18.5 Å². The van der Waals surface area contributed by atoms with Crippen molar-refractivity contribution in [1.82, 2.24) is 9.97 Å². The van der Waals surface area contributed by atoms with Gasteiger partial charge >= 0.3 is 0 Å². The number of rotatable bonds is 4. The SMILES string of the molecule is CSc1nc(Cl)cc(N(C)CC2CC2C)n1. The van der Waals surface area contributed by atoms with E-state index in [1.54, 1.807) is 0 Å². The summed E-state index contributed by atoms with van der Waals surface area (Å²) in [5.74, 6) is 2.60. The van der Waals surface area contributed by atoms with E-state index in [1.165, 1.54) is 18.2 Å². The van der Waals surface area contributed by atoms with Crippen LogP contribution in [0.15, 0.2) is 11.2 Å². The Morgan fingerprint density at radius 3 is 2.81 bits per heavy atom. The maximum absolute atomic E-state index is 5.96. The highest BCUT2D eigenvalue weighted by Crippen LogP contribution is 2.38. The molecule has 0 saturated heterocycles. The number of nitrogens with zero attached hydrogens (tertiary/aromatic N) is 3. The van der Waals surface area contributed by atoms with Gasteiger partial charge in [-0.25, -0.2) is 9.97 Å². The molecule has 2 unspecified atom stereocenters. The molecule has 16 heavy (non-hydrogen) atoms. The standard InChI is InChI=1S/C11H16ClN3S/c1-7-4-8(7)6-15(2)10-5-9(12)13-11(14-10)16-3/h5,7-8H,4,6H2,1-3H3. The molecular weight excluding hydrogens is 242 g/mol. The summed E-state index contributed by atoms with van der Waals surface area (Å²) in [6.07, 6.45) is 3.29. The fourth-order valence-corrected chi connectivity index (χ4v) is 2.37. The Morgan fingerprint density at radius 2 is 2.25 bits per heavy atom. The average Bonchev–Trinajstić information content (AvgIpc) is 2.93. The summed E-state index contributed by atoms with van der Waals surface area (Å²) >= 11 is 7.48. The molecule has 0 N–H and O–H groups in total. The molecule has 1 aliphatic carbocycles. The molecule has 1 saturated carbocycles. The van der Waals surface area contributed by atoms with Crippen LogP contribution in [0.2, 0.25) is 5.15 Å². The van der Waals surface area contributed by atoms with Gasteiger partial charge in [0.15, 0.2) is 5.16 Å². The minimum absolute atomic E-state index is 0.519. The van der Waals surface area contributed by atoms with Gasteiger partial charge in [0, 0.05) is 19.7 Å². The first-order chi connectivity index (χ1) is 7.60. The summed E-state index contributed by atoms with van der Waals surface area (Å²) in [7, 11) is 2.06. The van der Waals surface area contributed by atoms with E-state index >= 15 is 0 Å². The highest BCUT2D eigenvalue weighted by Gasteiger charge is 2.33. The Balaban J connectivity index is 2.09. The van der Waals surface area contributed by atoms with Crippen molar-refractivity contribution in [3.8, 4) is 0 Å². The lowest BCUT2D eigenvalue weighted by atomic mass is 10.3. The fraction of sp³-hybridized carbons (Fsp3) is 0.636. The second kappa shape index (κ2) is 4.80. The Hall–Kier alpha value is -0.480. The lowest BCUT2D eigenvalue weighted by molar-refractivity contribution is 0.714. The maximum atomic E-state index is 5.96. The molecule has 0 aliphatic heterocycles. The lowest BCUT2D eigenvalue weighted by Gasteiger charge is -2.18. The van der Waals surface area contributed by atoms with Crippen molar-refractivity contribution in [2.75, 3.05) is 24.7 Å². The van der Waals surface area contributed by atoms with E-state index in [2.05, 4.69) is 28.8 Å². The molecule has 1 aliphatic rings. The van der Waals surface area contributed by atoms with Crippen molar-refractivity contribution in [1.29, 1.82) is 0 Å². The zero-order chi connectivity index (χ0) is 11.7. The van der Waals surface area contributed by atoms with E-state index < -0.39 is 0 Å². The van der Waals surface area contributed by atoms with Crippen LogP contribution in [0, 0.1) is 11.8 Å². The predicted octanol–water partition coefficient (Wildman–Crippen LogP) is 2.94. The highest BCUT2D eigenvalue weighted by atomic mass is 35.5. The Kier molecular flexibility index (Phi) is 3.60. The normalized spacial score (nSPS) is 23.2. The summed E-state index contributed by atoms with van der Waals surface area (Å²) in [6, 6.07) is 1.83. The van der Waals surface area contributed by atoms with Crippen molar-refractivity contribution in [3.63, 3.8) is 0 Å². The summed E-state index contributed by atoms with van der Waals surface area (Å²) in [6.45, 7) is 3.35. The summed E-state index contributed by atoms with van der Waals surface area (Å²) in [5, 5.41) is 1.25. The van der Waals surface area contributed by atoms with E-state index in [0.29, 0.717) is 5.15 Å². The largest absolute Gasteiger partial charge is 0.359 e. The maximum Gasteiger partial charge on any atom is 0.190 e. The van der Waals surface area contributed by atoms with Crippen molar-refractivity contribution >= 4 is 29.2 Å². The van der Waals surface area contributed by atoms with Crippen LogP contribution in [0.4, 0.5) is 5.82 Å². The van der Waals surface area contributed by atoms with Gasteiger partial charge in [-0.05, 0) is 24.5 Å². The molecule has 5 heteroatoms. The van der Waals surface area contributed by atoms with Crippen LogP contribution in [0.5, 0.6) is 0 Å². The minimum atomic E-state index is 0.519. The van der Waals surface area contributed by atoms with Crippen LogP contribution in [0.1, 0.15) is 13.3 Å². The summed E-state index contributed by atoms with van der Waals surface area (Å²) in [4.78, 5) is 10.8. The van der Waals surface area contributed by atoms with Gasteiger partial charge in [-0.1, -0.05) is 30.3 Å². The third kappa shape index (κ3) is 2.80. The second-order valence-corrected chi connectivity index (χ2v) is 5.55. The summed E-state index contributed by atoms with van der Waals surface area (Å²) in [5.41, 5.74) is 0. The van der Waals surface area contributed by atoms with Gasteiger partial charge in [0.2, 0.25) is 0 Å². The van der Waals surface area contributed by atoms with Crippen LogP contribution in [-0.2, 0) is 0 Å². The van der Waals surface area contributed by atoms with Gasteiger partial charge in [0.05, 0.1) is 0 Å². The molecule has 1 aromatic rings. The van der Waals surface area contributed by atoms with E-state index in [4.69, 9.17) is 11.6 Å². The average molecular weight is 258 g/mol. The minimum Gasteiger partial charge on any atom is -0.359 e. The molecule has 0 spiro atoms. The monoisotopic (exact) mass is 257 g/mol. The molecule has 0 radical (unpaired) electrons. The smallest absolute Gasteiger partial charge is 0.190 e. The number of halogens is 1. The molecule has 0 bridgehead atoms. The van der Waals surface area contributed by atoms with Crippen LogP contribution >= 0.6 is 23.4 Å². The van der Waals surface area contributed by atoms with Crippen molar-refractivity contribution in [3.05, 3.63) is 11.2 Å². The molecule has 2 rings (SSSR count).